The number of rotatable bonds is 5. The predicted molar refractivity (Wildman–Crippen MR) is 120 cm³/mol. The van der Waals surface area contributed by atoms with Crippen LogP contribution in [0.25, 0.3) is 6.08 Å². The molecule has 0 unspecified atom stereocenters. The molecular formula is C22H18N2O7S. The van der Waals surface area contributed by atoms with Crippen molar-refractivity contribution >= 4 is 40.4 Å². The molecule has 1 heterocycles. The number of nitro benzene ring substituents is 1. The molecule has 1 aliphatic rings. The van der Waals surface area contributed by atoms with Crippen molar-refractivity contribution in [2.24, 2.45) is 4.99 Å². The minimum absolute atomic E-state index is 0.0443. The standard InChI is InChI=1S/C22H18N2O7S/c1-3-31-22(28)18-19(26)17(11-13-6-9-16(25)15(10-13)24(29)30)32-21(18)23-20(27)14-7-4-12(2)5-8-14/h4-11,25-26H,3H2,1-2H3/b17-11-,23-21?. The number of thioether (sulfide) groups is 1. The lowest BCUT2D eigenvalue weighted by Gasteiger charge is -2.03. The second kappa shape index (κ2) is 9.48. The molecule has 0 spiro atoms. The summed E-state index contributed by atoms with van der Waals surface area (Å²) in [7, 11) is 0. The van der Waals surface area contributed by atoms with Crippen molar-refractivity contribution < 1.29 is 29.5 Å². The Bertz CT molecular complexity index is 1200. The van der Waals surface area contributed by atoms with E-state index in [1.807, 2.05) is 6.92 Å². The number of nitrogens with zero attached hydrogens (tertiary/aromatic N) is 2. The summed E-state index contributed by atoms with van der Waals surface area (Å²) < 4.78 is 4.98. The summed E-state index contributed by atoms with van der Waals surface area (Å²) in [6, 6.07) is 10.4. The molecule has 0 fully saturated rings. The molecule has 0 aromatic heterocycles. The highest BCUT2D eigenvalue weighted by molar-refractivity contribution is 8.18. The maximum Gasteiger partial charge on any atom is 0.344 e. The molecule has 32 heavy (non-hydrogen) atoms. The number of aryl methyl sites for hydroxylation is 1. The van der Waals surface area contributed by atoms with E-state index in [1.54, 1.807) is 31.2 Å². The van der Waals surface area contributed by atoms with Gasteiger partial charge >= 0.3 is 11.7 Å². The number of aliphatic hydroxyl groups excluding tert-OH is 1. The first-order valence-corrected chi connectivity index (χ1v) is 10.2. The van der Waals surface area contributed by atoms with Gasteiger partial charge in [0.1, 0.15) is 16.4 Å². The molecule has 164 valence electrons. The number of phenols is 1. The van der Waals surface area contributed by atoms with Crippen LogP contribution >= 0.6 is 11.8 Å². The highest BCUT2D eigenvalue weighted by Gasteiger charge is 2.34. The van der Waals surface area contributed by atoms with E-state index in [0.29, 0.717) is 5.56 Å². The summed E-state index contributed by atoms with van der Waals surface area (Å²) in [4.78, 5) is 39.5. The summed E-state index contributed by atoms with van der Waals surface area (Å²) in [5.74, 6) is -2.43. The Hall–Kier alpha value is -3.92. The zero-order chi connectivity index (χ0) is 23.4. The van der Waals surface area contributed by atoms with E-state index < -0.39 is 34.0 Å². The van der Waals surface area contributed by atoms with Gasteiger partial charge in [-0.2, -0.15) is 0 Å². The Balaban J connectivity index is 2.03. The molecule has 3 rings (SSSR count). The Kier molecular flexibility index (Phi) is 6.74. The first kappa shape index (κ1) is 22.8. The number of carbonyl (C=O) groups is 2. The molecule has 2 N–H and O–H groups in total. The molecule has 0 bridgehead atoms. The van der Waals surface area contributed by atoms with Crippen LogP contribution in [0.1, 0.15) is 28.4 Å². The highest BCUT2D eigenvalue weighted by atomic mass is 32.2. The fourth-order valence-corrected chi connectivity index (χ4v) is 3.79. The quantitative estimate of drug-likeness (QED) is 0.387. The van der Waals surface area contributed by atoms with Gasteiger partial charge in [0.05, 0.1) is 16.4 Å². The molecule has 2 aromatic rings. The lowest BCUT2D eigenvalue weighted by molar-refractivity contribution is -0.385. The number of hydrogen-bond acceptors (Lipinski definition) is 8. The maximum absolute atomic E-state index is 12.6. The summed E-state index contributed by atoms with van der Waals surface area (Å²) in [6.45, 7) is 3.51. The molecule has 0 saturated heterocycles. The number of esters is 1. The molecule has 10 heteroatoms. The lowest BCUT2D eigenvalue weighted by Crippen LogP contribution is -2.14. The van der Waals surface area contributed by atoms with Crippen molar-refractivity contribution in [3.63, 3.8) is 0 Å². The number of hydrogen-bond donors (Lipinski definition) is 2. The van der Waals surface area contributed by atoms with Crippen LogP contribution in [0, 0.1) is 17.0 Å². The molecular weight excluding hydrogens is 436 g/mol. The number of phenolic OH excluding ortho intramolecular Hbond substituents is 1. The summed E-state index contributed by atoms with van der Waals surface area (Å²) in [6.07, 6.45) is 1.38. The summed E-state index contributed by atoms with van der Waals surface area (Å²) >= 11 is 0.854. The van der Waals surface area contributed by atoms with E-state index in [-0.39, 0.29) is 27.7 Å². The summed E-state index contributed by atoms with van der Waals surface area (Å²) in [5, 5.41) is 31.3. The van der Waals surface area contributed by atoms with Crippen LogP contribution in [0.15, 0.2) is 63.7 Å². The minimum Gasteiger partial charge on any atom is -0.506 e. The fourth-order valence-electron chi connectivity index (χ4n) is 2.77. The number of carbonyl (C=O) groups excluding carboxylic acids is 2. The van der Waals surface area contributed by atoms with Gasteiger partial charge in [-0.3, -0.25) is 14.9 Å². The third-order valence-electron chi connectivity index (χ3n) is 4.37. The van der Waals surface area contributed by atoms with Crippen LogP contribution in [0.2, 0.25) is 0 Å². The van der Waals surface area contributed by atoms with Gasteiger partial charge in [-0.05, 0) is 43.7 Å². The van der Waals surface area contributed by atoms with Gasteiger partial charge in [0.25, 0.3) is 5.91 Å². The van der Waals surface area contributed by atoms with Crippen LogP contribution < -0.4 is 0 Å². The Labute approximate surface area is 186 Å². The first-order valence-electron chi connectivity index (χ1n) is 9.39. The van der Waals surface area contributed by atoms with Crippen LogP contribution in [0.4, 0.5) is 5.69 Å². The number of ether oxygens (including phenoxy) is 1. The van der Waals surface area contributed by atoms with Gasteiger partial charge in [-0.25, -0.2) is 9.79 Å². The number of aromatic hydroxyl groups is 1. The molecule has 9 nitrogen and oxygen atoms in total. The van der Waals surface area contributed by atoms with Gasteiger partial charge in [0.2, 0.25) is 0 Å². The maximum atomic E-state index is 12.6. The largest absolute Gasteiger partial charge is 0.506 e. The average molecular weight is 454 g/mol. The van der Waals surface area contributed by atoms with Crippen molar-refractivity contribution in [2.75, 3.05) is 6.61 Å². The van der Waals surface area contributed by atoms with Gasteiger partial charge < -0.3 is 14.9 Å². The van der Waals surface area contributed by atoms with Crippen molar-refractivity contribution in [1.29, 1.82) is 0 Å². The van der Waals surface area contributed by atoms with Gasteiger partial charge in [-0.1, -0.05) is 35.5 Å². The van der Waals surface area contributed by atoms with E-state index >= 15 is 0 Å². The molecule has 0 aliphatic carbocycles. The van der Waals surface area contributed by atoms with Crippen LogP contribution in [-0.2, 0) is 9.53 Å². The number of nitro groups is 1. The molecule has 0 radical (unpaired) electrons. The van der Waals surface area contributed by atoms with E-state index in [0.717, 1.165) is 29.5 Å². The van der Waals surface area contributed by atoms with Crippen molar-refractivity contribution in [1.82, 2.24) is 0 Å². The zero-order valence-electron chi connectivity index (χ0n) is 17.1. The number of amides is 1. The fraction of sp³-hybridized carbons (Fsp3) is 0.136. The van der Waals surface area contributed by atoms with E-state index in [2.05, 4.69) is 4.99 Å². The van der Waals surface area contributed by atoms with Gasteiger partial charge in [0.15, 0.2) is 5.75 Å². The van der Waals surface area contributed by atoms with E-state index in [1.165, 1.54) is 12.1 Å². The number of aliphatic hydroxyl groups is 1. The van der Waals surface area contributed by atoms with Crippen molar-refractivity contribution in [3.8, 4) is 5.75 Å². The SMILES string of the molecule is CCOC(=O)C1=C(O)/C(=C/c2ccc(O)c([N+](=O)[O-])c2)SC1=NC(=O)c1ccc(C)cc1. The monoisotopic (exact) mass is 454 g/mol. The zero-order valence-corrected chi connectivity index (χ0v) is 17.9. The van der Waals surface area contributed by atoms with Gasteiger partial charge in [0, 0.05) is 11.6 Å². The van der Waals surface area contributed by atoms with Crippen molar-refractivity contribution in [3.05, 3.63) is 85.5 Å². The second-order valence-corrected chi connectivity index (χ2v) is 7.68. The van der Waals surface area contributed by atoms with Gasteiger partial charge in [-0.15, -0.1) is 0 Å². The van der Waals surface area contributed by atoms with Crippen LogP contribution in [0.3, 0.4) is 0 Å². The topological polar surface area (TPSA) is 139 Å². The highest BCUT2D eigenvalue weighted by Crippen LogP contribution is 2.40. The van der Waals surface area contributed by atoms with Crippen LogP contribution in [0.5, 0.6) is 5.75 Å². The Morgan fingerprint density at radius 2 is 1.88 bits per heavy atom. The molecule has 0 atom stereocenters. The second-order valence-electron chi connectivity index (χ2n) is 6.65. The molecule has 2 aromatic carbocycles. The Morgan fingerprint density at radius 3 is 2.50 bits per heavy atom. The predicted octanol–water partition coefficient (Wildman–Crippen LogP) is 4.31. The van der Waals surface area contributed by atoms with Crippen molar-refractivity contribution in [2.45, 2.75) is 13.8 Å². The minimum atomic E-state index is -0.854. The smallest absolute Gasteiger partial charge is 0.344 e. The summed E-state index contributed by atoms with van der Waals surface area (Å²) in [5.41, 5.74) is 0.773. The van der Waals surface area contributed by atoms with E-state index in [9.17, 15) is 29.9 Å². The average Bonchev–Trinajstić information content (AvgIpc) is 3.04. The molecule has 0 saturated carbocycles. The lowest BCUT2D eigenvalue weighted by atomic mass is 10.1. The Morgan fingerprint density at radius 1 is 1.19 bits per heavy atom. The first-order chi connectivity index (χ1) is 15.2. The molecule has 1 aliphatic heterocycles. The number of aliphatic imine (C=N–C) groups is 1. The van der Waals surface area contributed by atoms with E-state index in [4.69, 9.17) is 4.74 Å². The third kappa shape index (κ3) is 4.86. The van der Waals surface area contributed by atoms with Crippen LogP contribution in [-0.4, -0.2) is 38.7 Å². The molecule has 1 amide bonds. The normalized spacial score (nSPS) is 15.9. The number of benzene rings is 2. The third-order valence-corrected chi connectivity index (χ3v) is 5.39.